The molecule has 152 valence electrons. The van der Waals surface area contributed by atoms with E-state index < -0.39 is 22.8 Å². The van der Waals surface area contributed by atoms with Crippen molar-refractivity contribution >= 4 is 57.8 Å². The van der Waals surface area contributed by atoms with Crippen LogP contribution in [0.2, 0.25) is 5.02 Å². The minimum Gasteiger partial charge on any atom is -0.306 e. The molecule has 10 heteroatoms. The van der Waals surface area contributed by atoms with Gasteiger partial charge in [-0.2, -0.15) is 10.2 Å². The summed E-state index contributed by atoms with van der Waals surface area (Å²) < 4.78 is 13.7. The Morgan fingerprint density at radius 2 is 2.03 bits per heavy atom. The number of hydrogen-bond acceptors (Lipinski definition) is 5. The van der Waals surface area contributed by atoms with Crippen molar-refractivity contribution in [1.82, 2.24) is 10.1 Å². The molecule has 1 atom stereocenters. The van der Waals surface area contributed by atoms with Crippen LogP contribution in [0.5, 0.6) is 0 Å². The molecule has 2 N–H and O–H groups in total. The van der Waals surface area contributed by atoms with E-state index in [2.05, 4.69) is 10.4 Å². The maximum Gasteiger partial charge on any atom is 0.347 e. The summed E-state index contributed by atoms with van der Waals surface area (Å²) in [5.41, 5.74) is 0.611. The van der Waals surface area contributed by atoms with Crippen molar-refractivity contribution < 1.29 is 14.4 Å². The van der Waals surface area contributed by atoms with Gasteiger partial charge in [0.25, 0.3) is 0 Å². The predicted molar refractivity (Wildman–Crippen MR) is 118 cm³/mol. The first kappa shape index (κ1) is 21.5. The zero-order valence-electron chi connectivity index (χ0n) is 15.5. The molecule has 0 saturated carbocycles. The van der Waals surface area contributed by atoms with Gasteiger partial charge in [-0.05, 0) is 38.1 Å². The van der Waals surface area contributed by atoms with Crippen molar-refractivity contribution in [1.29, 1.82) is 0 Å². The van der Waals surface area contributed by atoms with Gasteiger partial charge in [0, 0.05) is 11.3 Å². The minimum absolute atomic E-state index is 0.0867. The number of anilines is 1. The van der Waals surface area contributed by atoms with E-state index in [0.717, 1.165) is 0 Å². The second-order valence-corrected chi connectivity index (χ2v) is 9.41. The molecule has 1 aliphatic heterocycles. The fourth-order valence-electron chi connectivity index (χ4n) is 2.79. The Morgan fingerprint density at radius 1 is 1.34 bits per heavy atom. The molecule has 0 aliphatic carbocycles. The van der Waals surface area contributed by atoms with Crippen LogP contribution in [0.15, 0.2) is 53.6 Å². The van der Waals surface area contributed by atoms with Gasteiger partial charge in [-0.25, -0.2) is 14.2 Å². The molecule has 1 fully saturated rings. The van der Waals surface area contributed by atoms with Gasteiger partial charge in [-0.1, -0.05) is 59.8 Å². The van der Waals surface area contributed by atoms with Gasteiger partial charge in [0.1, 0.15) is 5.82 Å². The number of nitrogens with zero attached hydrogens (tertiary/aromatic N) is 3. The topological polar surface area (TPSA) is 68.2 Å². The Kier molecular flexibility index (Phi) is 6.42. The smallest absolute Gasteiger partial charge is 0.306 e. The van der Waals surface area contributed by atoms with E-state index in [1.165, 1.54) is 41.2 Å². The number of hydrogen-bond donors (Lipinski definition) is 2. The van der Waals surface area contributed by atoms with Crippen LogP contribution in [0.3, 0.4) is 0 Å². The molecule has 2 aromatic rings. The summed E-state index contributed by atoms with van der Waals surface area (Å²) in [6.45, 7) is 3.64. The molecule has 0 spiro atoms. The standard InChI is InChI=1S/C19H18ClFN4O2S2/c1-19(2)16(25(27)17(26)23-12-7-4-3-5-8-12)24(18(28)29-19)22-11-13-14(20)9-6-10-15(13)21/h3-11,16,27H,1-2H3,(H,23,26). The van der Waals surface area contributed by atoms with E-state index in [1.54, 1.807) is 24.3 Å². The Balaban J connectivity index is 1.86. The Morgan fingerprint density at radius 3 is 2.69 bits per heavy atom. The fraction of sp³-hybridized carbons (Fsp3) is 0.211. The lowest BCUT2D eigenvalue weighted by molar-refractivity contribution is -0.114. The number of thioether (sulfide) groups is 1. The highest BCUT2D eigenvalue weighted by atomic mass is 35.5. The Labute approximate surface area is 182 Å². The van der Waals surface area contributed by atoms with Gasteiger partial charge >= 0.3 is 6.03 Å². The molecule has 1 heterocycles. The average molecular weight is 453 g/mol. The van der Waals surface area contributed by atoms with Gasteiger partial charge in [0.05, 0.1) is 16.0 Å². The fourth-order valence-corrected chi connectivity index (χ4v) is 4.79. The molecule has 0 radical (unpaired) electrons. The summed E-state index contributed by atoms with van der Waals surface area (Å²) in [5, 5.41) is 19.5. The summed E-state index contributed by atoms with van der Waals surface area (Å²) in [5.74, 6) is -0.544. The molecule has 1 aliphatic rings. The number of carbonyl (C=O) groups excluding carboxylic acids is 1. The number of rotatable bonds is 4. The molecule has 1 saturated heterocycles. The van der Waals surface area contributed by atoms with Crippen LogP contribution in [0, 0.1) is 5.82 Å². The number of carbonyl (C=O) groups is 1. The molecule has 1 unspecified atom stereocenters. The van der Waals surface area contributed by atoms with Crippen molar-refractivity contribution in [2.75, 3.05) is 5.32 Å². The molecule has 2 aromatic carbocycles. The summed E-state index contributed by atoms with van der Waals surface area (Å²) in [6.07, 6.45) is 0.299. The van der Waals surface area contributed by atoms with E-state index >= 15 is 0 Å². The largest absolute Gasteiger partial charge is 0.347 e. The quantitative estimate of drug-likeness (QED) is 0.290. The SMILES string of the molecule is CC1(C)SC(=S)N(N=Cc2c(F)cccc2Cl)C1N(O)C(=O)Nc1ccccc1. The Hall–Kier alpha value is -2.20. The molecule has 2 amide bonds. The van der Waals surface area contributed by atoms with E-state index in [0.29, 0.717) is 15.1 Å². The summed E-state index contributed by atoms with van der Waals surface area (Å²) in [6, 6.07) is 12.3. The number of hydroxylamine groups is 2. The number of urea groups is 1. The van der Waals surface area contributed by atoms with E-state index in [9.17, 15) is 14.4 Å². The van der Waals surface area contributed by atoms with Crippen LogP contribution >= 0.6 is 35.6 Å². The lowest BCUT2D eigenvalue weighted by atomic mass is 10.1. The van der Waals surface area contributed by atoms with Crippen molar-refractivity contribution in [3.63, 3.8) is 0 Å². The highest BCUT2D eigenvalue weighted by molar-refractivity contribution is 8.24. The van der Waals surface area contributed by atoms with E-state index in [4.69, 9.17) is 23.8 Å². The van der Waals surface area contributed by atoms with Gasteiger partial charge in [-0.3, -0.25) is 5.21 Å². The Bertz CT molecular complexity index is 938. The lowest BCUT2D eigenvalue weighted by Gasteiger charge is -2.34. The van der Waals surface area contributed by atoms with Gasteiger partial charge in [0.15, 0.2) is 10.5 Å². The third-order valence-corrected chi connectivity index (χ3v) is 6.03. The van der Waals surface area contributed by atoms with Crippen LogP contribution < -0.4 is 5.32 Å². The maximum absolute atomic E-state index is 14.0. The number of thiocarbonyl (C=S) groups is 1. The first-order chi connectivity index (χ1) is 13.7. The highest BCUT2D eigenvalue weighted by Gasteiger charge is 2.50. The normalized spacial score (nSPS) is 18.3. The monoisotopic (exact) mass is 452 g/mol. The van der Waals surface area contributed by atoms with Crippen molar-refractivity contribution in [2.24, 2.45) is 5.10 Å². The van der Waals surface area contributed by atoms with Gasteiger partial charge < -0.3 is 5.32 Å². The second-order valence-electron chi connectivity index (χ2n) is 6.71. The molecule has 0 aromatic heterocycles. The zero-order chi connectivity index (χ0) is 21.2. The van der Waals surface area contributed by atoms with Gasteiger partial charge in [-0.15, -0.1) is 0 Å². The molecule has 6 nitrogen and oxygen atoms in total. The van der Waals surface area contributed by atoms with Crippen LogP contribution in [0.1, 0.15) is 19.4 Å². The van der Waals surface area contributed by atoms with Crippen LogP contribution in [0.4, 0.5) is 14.9 Å². The van der Waals surface area contributed by atoms with E-state index in [1.807, 2.05) is 19.9 Å². The number of nitrogens with one attached hydrogen (secondary N) is 1. The lowest BCUT2D eigenvalue weighted by Crippen LogP contribution is -2.54. The van der Waals surface area contributed by atoms with Crippen molar-refractivity contribution in [3.05, 3.63) is 64.9 Å². The van der Waals surface area contributed by atoms with E-state index in [-0.39, 0.29) is 10.6 Å². The number of halogens is 2. The minimum atomic E-state index is -0.925. The van der Waals surface area contributed by atoms with Crippen LogP contribution in [-0.4, -0.2) is 42.8 Å². The number of hydrazone groups is 1. The maximum atomic E-state index is 14.0. The molecule has 29 heavy (non-hydrogen) atoms. The average Bonchev–Trinajstić information content (AvgIpc) is 2.89. The number of amides is 2. The summed E-state index contributed by atoms with van der Waals surface area (Å²) in [4.78, 5) is 12.6. The molecule has 3 rings (SSSR count). The first-order valence-corrected chi connectivity index (χ1v) is 10.2. The third kappa shape index (κ3) is 4.69. The molecular weight excluding hydrogens is 435 g/mol. The van der Waals surface area contributed by atoms with Crippen LogP contribution in [0.25, 0.3) is 0 Å². The summed E-state index contributed by atoms with van der Waals surface area (Å²) >= 11 is 12.7. The van der Waals surface area contributed by atoms with Crippen LogP contribution in [-0.2, 0) is 0 Å². The van der Waals surface area contributed by atoms with Crippen molar-refractivity contribution in [3.8, 4) is 0 Å². The number of benzene rings is 2. The highest BCUT2D eigenvalue weighted by Crippen LogP contribution is 2.42. The molecule has 0 bridgehead atoms. The second kappa shape index (κ2) is 8.66. The number of para-hydroxylation sites is 1. The van der Waals surface area contributed by atoms with Crippen molar-refractivity contribution in [2.45, 2.75) is 24.8 Å². The van der Waals surface area contributed by atoms with Gasteiger partial charge in [0.2, 0.25) is 0 Å². The zero-order valence-corrected chi connectivity index (χ0v) is 17.9. The molecular formula is C19H18ClFN4O2S2. The third-order valence-electron chi connectivity index (χ3n) is 4.17. The summed E-state index contributed by atoms with van der Waals surface area (Å²) in [7, 11) is 0. The first-order valence-electron chi connectivity index (χ1n) is 8.55. The predicted octanol–water partition coefficient (Wildman–Crippen LogP) is 5.17.